The van der Waals surface area contributed by atoms with Crippen molar-refractivity contribution < 1.29 is 9.53 Å². The highest BCUT2D eigenvalue weighted by molar-refractivity contribution is 6.31. The Morgan fingerprint density at radius 2 is 1.97 bits per heavy atom. The number of aromatic nitrogens is 2. The van der Waals surface area contributed by atoms with Crippen LogP contribution in [0.15, 0.2) is 48.5 Å². The van der Waals surface area contributed by atoms with E-state index in [4.69, 9.17) is 16.3 Å². The highest BCUT2D eigenvalue weighted by Crippen LogP contribution is 2.25. The summed E-state index contributed by atoms with van der Waals surface area (Å²) in [7, 11) is 1.58. The second kappa shape index (κ2) is 8.97. The maximum Gasteiger partial charge on any atom is 0.248 e. The fourth-order valence-electron chi connectivity index (χ4n) is 3.15. The van der Waals surface area contributed by atoms with Crippen molar-refractivity contribution in [3.63, 3.8) is 0 Å². The lowest BCUT2D eigenvalue weighted by Gasteiger charge is -2.09. The van der Waals surface area contributed by atoms with Gasteiger partial charge in [0.1, 0.15) is 5.75 Å². The van der Waals surface area contributed by atoms with E-state index >= 15 is 0 Å². The molecule has 1 aromatic heterocycles. The molecule has 3 aromatic rings. The number of benzene rings is 2. The molecule has 0 fully saturated rings. The molecule has 150 valence electrons. The SMILES string of the molecule is COc1ccc(C)cc1NC(=O)/C=C/c1c(C)nn(Cc2ccccc2Cl)c1C. The fraction of sp³-hybridized carbons (Fsp3) is 0.217. The minimum Gasteiger partial charge on any atom is -0.495 e. The molecule has 0 atom stereocenters. The number of carbonyl (C=O) groups is 1. The Labute approximate surface area is 176 Å². The van der Waals surface area contributed by atoms with Gasteiger partial charge in [0, 0.05) is 22.4 Å². The highest BCUT2D eigenvalue weighted by Gasteiger charge is 2.12. The zero-order valence-corrected chi connectivity index (χ0v) is 17.7. The third-order valence-corrected chi connectivity index (χ3v) is 5.10. The van der Waals surface area contributed by atoms with E-state index in [2.05, 4.69) is 10.4 Å². The summed E-state index contributed by atoms with van der Waals surface area (Å²) < 4.78 is 7.21. The Morgan fingerprint density at radius 1 is 1.21 bits per heavy atom. The lowest BCUT2D eigenvalue weighted by molar-refractivity contribution is -0.111. The van der Waals surface area contributed by atoms with Gasteiger partial charge in [0.05, 0.1) is 25.0 Å². The van der Waals surface area contributed by atoms with Crippen LogP contribution in [-0.2, 0) is 11.3 Å². The molecule has 6 heteroatoms. The molecule has 1 amide bonds. The van der Waals surface area contributed by atoms with Crippen molar-refractivity contribution in [1.82, 2.24) is 9.78 Å². The van der Waals surface area contributed by atoms with Gasteiger partial charge in [-0.05, 0) is 56.2 Å². The second-order valence-corrected chi connectivity index (χ2v) is 7.27. The molecular formula is C23H24ClN3O2. The zero-order chi connectivity index (χ0) is 21.0. The Hall–Kier alpha value is -3.05. The molecule has 0 bridgehead atoms. The molecule has 0 saturated carbocycles. The summed E-state index contributed by atoms with van der Waals surface area (Å²) in [6, 6.07) is 13.4. The van der Waals surface area contributed by atoms with E-state index in [1.54, 1.807) is 13.2 Å². The van der Waals surface area contributed by atoms with Crippen LogP contribution < -0.4 is 10.1 Å². The summed E-state index contributed by atoms with van der Waals surface area (Å²) in [4.78, 5) is 12.4. The molecule has 0 aliphatic carbocycles. The number of ether oxygens (including phenoxy) is 1. The molecule has 29 heavy (non-hydrogen) atoms. The van der Waals surface area contributed by atoms with E-state index in [1.807, 2.05) is 67.9 Å². The first-order valence-corrected chi connectivity index (χ1v) is 9.68. The van der Waals surface area contributed by atoms with Crippen molar-refractivity contribution in [3.05, 3.63) is 81.6 Å². The third kappa shape index (κ3) is 4.87. The summed E-state index contributed by atoms with van der Waals surface area (Å²) in [6.07, 6.45) is 3.30. The van der Waals surface area contributed by atoms with Gasteiger partial charge < -0.3 is 10.1 Å². The molecule has 0 unspecified atom stereocenters. The van der Waals surface area contributed by atoms with Gasteiger partial charge in [-0.25, -0.2) is 0 Å². The van der Waals surface area contributed by atoms with Gasteiger partial charge in [0.2, 0.25) is 5.91 Å². The van der Waals surface area contributed by atoms with Crippen LogP contribution in [0.25, 0.3) is 6.08 Å². The molecule has 5 nitrogen and oxygen atoms in total. The minimum absolute atomic E-state index is 0.230. The van der Waals surface area contributed by atoms with Crippen LogP contribution in [0.5, 0.6) is 5.75 Å². The normalized spacial score (nSPS) is 11.1. The van der Waals surface area contributed by atoms with E-state index in [0.29, 0.717) is 23.0 Å². The number of amides is 1. The summed E-state index contributed by atoms with van der Waals surface area (Å²) in [5, 5.41) is 8.18. The van der Waals surface area contributed by atoms with Gasteiger partial charge in [-0.2, -0.15) is 5.10 Å². The highest BCUT2D eigenvalue weighted by atomic mass is 35.5. The van der Waals surface area contributed by atoms with Crippen molar-refractivity contribution >= 4 is 29.3 Å². The van der Waals surface area contributed by atoms with Crippen molar-refractivity contribution in [1.29, 1.82) is 0 Å². The Morgan fingerprint density at radius 3 is 2.69 bits per heavy atom. The molecule has 1 heterocycles. The Balaban J connectivity index is 1.77. The lowest BCUT2D eigenvalue weighted by atomic mass is 10.1. The lowest BCUT2D eigenvalue weighted by Crippen LogP contribution is -2.09. The van der Waals surface area contributed by atoms with Crippen LogP contribution in [0.1, 0.15) is 28.1 Å². The first kappa shape index (κ1) is 20.7. The van der Waals surface area contributed by atoms with E-state index in [0.717, 1.165) is 28.1 Å². The van der Waals surface area contributed by atoms with E-state index in [-0.39, 0.29) is 5.91 Å². The molecule has 1 N–H and O–H groups in total. The molecule has 0 saturated heterocycles. The maximum absolute atomic E-state index is 12.4. The standard InChI is InChI=1S/C23H24ClN3O2/c1-15-9-11-22(29-4)21(13-15)25-23(28)12-10-19-16(2)26-27(17(19)3)14-18-7-5-6-8-20(18)24/h5-13H,14H2,1-4H3,(H,25,28)/b12-10+. The van der Waals surface area contributed by atoms with Gasteiger partial charge in [0.15, 0.2) is 0 Å². The number of anilines is 1. The second-order valence-electron chi connectivity index (χ2n) is 6.86. The number of aryl methyl sites for hydroxylation is 2. The summed E-state index contributed by atoms with van der Waals surface area (Å²) in [5.41, 5.74) is 5.43. The number of methoxy groups -OCH3 is 1. The topological polar surface area (TPSA) is 56.1 Å². The molecular weight excluding hydrogens is 386 g/mol. The minimum atomic E-state index is -0.230. The number of rotatable bonds is 6. The van der Waals surface area contributed by atoms with Crippen molar-refractivity contribution in [2.75, 3.05) is 12.4 Å². The predicted molar refractivity (Wildman–Crippen MR) is 118 cm³/mol. The van der Waals surface area contributed by atoms with Gasteiger partial charge >= 0.3 is 0 Å². The maximum atomic E-state index is 12.4. The largest absolute Gasteiger partial charge is 0.495 e. The van der Waals surface area contributed by atoms with Gasteiger partial charge in [-0.15, -0.1) is 0 Å². The number of carbonyl (C=O) groups excluding carboxylic acids is 1. The number of nitrogens with zero attached hydrogens (tertiary/aromatic N) is 2. The predicted octanol–water partition coefficient (Wildman–Crippen LogP) is 5.17. The molecule has 3 rings (SSSR count). The van der Waals surface area contributed by atoms with E-state index in [1.165, 1.54) is 6.08 Å². The van der Waals surface area contributed by atoms with Gasteiger partial charge in [-0.3, -0.25) is 9.48 Å². The number of nitrogens with one attached hydrogen (secondary N) is 1. The molecule has 0 aliphatic heterocycles. The number of hydrogen-bond donors (Lipinski definition) is 1. The zero-order valence-electron chi connectivity index (χ0n) is 17.0. The molecule has 0 radical (unpaired) electrons. The van der Waals surface area contributed by atoms with Crippen molar-refractivity contribution in [3.8, 4) is 5.75 Å². The smallest absolute Gasteiger partial charge is 0.248 e. The Bertz CT molecular complexity index is 1070. The number of halogens is 1. The summed E-state index contributed by atoms with van der Waals surface area (Å²) in [6.45, 7) is 6.45. The average Bonchev–Trinajstić information content (AvgIpc) is 2.95. The van der Waals surface area contributed by atoms with Gasteiger partial charge in [0.25, 0.3) is 0 Å². The van der Waals surface area contributed by atoms with Crippen LogP contribution in [-0.4, -0.2) is 22.8 Å². The fourth-order valence-corrected chi connectivity index (χ4v) is 3.34. The summed E-state index contributed by atoms with van der Waals surface area (Å²) >= 11 is 6.27. The summed E-state index contributed by atoms with van der Waals surface area (Å²) in [5.74, 6) is 0.392. The first-order chi connectivity index (χ1) is 13.9. The Kier molecular flexibility index (Phi) is 6.39. The third-order valence-electron chi connectivity index (χ3n) is 4.73. The monoisotopic (exact) mass is 409 g/mol. The van der Waals surface area contributed by atoms with Crippen LogP contribution >= 0.6 is 11.6 Å². The van der Waals surface area contributed by atoms with Crippen molar-refractivity contribution in [2.24, 2.45) is 0 Å². The van der Waals surface area contributed by atoms with Crippen LogP contribution in [0.3, 0.4) is 0 Å². The molecule has 2 aromatic carbocycles. The van der Waals surface area contributed by atoms with E-state index in [9.17, 15) is 4.79 Å². The van der Waals surface area contributed by atoms with Crippen LogP contribution in [0.4, 0.5) is 5.69 Å². The number of hydrogen-bond acceptors (Lipinski definition) is 3. The first-order valence-electron chi connectivity index (χ1n) is 9.30. The molecule has 0 spiro atoms. The quantitative estimate of drug-likeness (QED) is 0.571. The average molecular weight is 410 g/mol. The van der Waals surface area contributed by atoms with Crippen LogP contribution in [0, 0.1) is 20.8 Å². The van der Waals surface area contributed by atoms with E-state index < -0.39 is 0 Å². The molecule has 0 aliphatic rings. The van der Waals surface area contributed by atoms with Gasteiger partial charge in [-0.1, -0.05) is 35.9 Å². The van der Waals surface area contributed by atoms with Crippen LogP contribution in [0.2, 0.25) is 5.02 Å². The van der Waals surface area contributed by atoms with Crippen molar-refractivity contribution in [2.45, 2.75) is 27.3 Å².